The van der Waals surface area contributed by atoms with Gasteiger partial charge in [-0.15, -0.1) is 0 Å². The second kappa shape index (κ2) is 16.5. The van der Waals surface area contributed by atoms with Crippen molar-refractivity contribution in [2.24, 2.45) is 0 Å². The Bertz CT molecular complexity index is 1380. The zero-order chi connectivity index (χ0) is 29.7. The molecule has 0 spiro atoms. The Morgan fingerprint density at radius 3 is 2.23 bits per heavy atom. The number of hydrogen-bond donors (Lipinski definition) is 3. The molecule has 0 bridgehead atoms. The summed E-state index contributed by atoms with van der Waals surface area (Å²) in [5.74, 6) is 1.21. The van der Waals surface area contributed by atoms with Crippen molar-refractivity contribution >= 4 is 10.8 Å². The monoisotopic (exact) mass is 585 g/mol. The molecule has 1 aliphatic rings. The number of aliphatic hydroxyl groups excluding tert-OH is 2. The van der Waals surface area contributed by atoms with E-state index in [0.717, 1.165) is 53.6 Å². The Hall–Kier alpha value is -3.30. The molecule has 0 radical (unpaired) electrons. The van der Waals surface area contributed by atoms with Gasteiger partial charge in [-0.05, 0) is 70.3 Å². The number of piperidine rings is 1. The third-order valence-corrected chi connectivity index (χ3v) is 7.77. The average Bonchev–Trinajstić information content (AvgIpc) is 3.06. The molecule has 7 heteroatoms. The smallest absolute Gasteiger partial charge is 0.119 e. The first-order valence-corrected chi connectivity index (χ1v) is 15.2. The van der Waals surface area contributed by atoms with Gasteiger partial charge in [0.1, 0.15) is 11.9 Å². The summed E-state index contributed by atoms with van der Waals surface area (Å²) in [6, 6.07) is 31.3. The summed E-state index contributed by atoms with van der Waals surface area (Å²) in [5.41, 5.74) is 4.64. The molecule has 1 aliphatic heterocycles. The van der Waals surface area contributed by atoms with Crippen molar-refractivity contribution in [1.82, 2.24) is 5.32 Å². The average molecular weight is 586 g/mol. The Morgan fingerprint density at radius 1 is 0.767 bits per heavy atom. The molecule has 1 saturated heterocycles. The van der Waals surface area contributed by atoms with Gasteiger partial charge in [0.2, 0.25) is 0 Å². The first-order valence-electron chi connectivity index (χ1n) is 15.2. The second-order valence-corrected chi connectivity index (χ2v) is 11.1. The van der Waals surface area contributed by atoms with Gasteiger partial charge in [0.15, 0.2) is 0 Å². The number of nitrogens with one attached hydrogen (secondary N) is 1. The molecule has 3 N–H and O–H groups in total. The molecule has 0 aromatic heterocycles. The molecule has 5 rings (SSSR count). The lowest BCUT2D eigenvalue weighted by atomic mass is 9.87. The molecule has 1 fully saturated rings. The zero-order valence-electron chi connectivity index (χ0n) is 24.7. The molecule has 0 saturated carbocycles. The van der Waals surface area contributed by atoms with E-state index in [2.05, 4.69) is 72.0 Å². The molecule has 2 unspecified atom stereocenters. The Labute approximate surface area is 254 Å². The van der Waals surface area contributed by atoms with Crippen LogP contribution in [0.1, 0.15) is 41.0 Å². The normalized spacial score (nSPS) is 17.6. The van der Waals surface area contributed by atoms with Crippen molar-refractivity contribution in [3.63, 3.8) is 0 Å². The van der Waals surface area contributed by atoms with Crippen LogP contribution in [0.3, 0.4) is 0 Å². The maximum Gasteiger partial charge on any atom is 0.119 e. The number of benzene rings is 4. The van der Waals surface area contributed by atoms with E-state index in [1.165, 1.54) is 11.1 Å². The van der Waals surface area contributed by atoms with Crippen molar-refractivity contribution in [3.8, 4) is 5.75 Å². The summed E-state index contributed by atoms with van der Waals surface area (Å²) < 4.78 is 23.7. The fourth-order valence-corrected chi connectivity index (χ4v) is 5.41. The summed E-state index contributed by atoms with van der Waals surface area (Å²) in [5, 5.41) is 24.2. The van der Waals surface area contributed by atoms with Crippen molar-refractivity contribution < 1.29 is 29.2 Å². The molecule has 7 nitrogen and oxygen atoms in total. The van der Waals surface area contributed by atoms with Gasteiger partial charge in [-0.3, -0.25) is 0 Å². The van der Waals surface area contributed by atoms with Gasteiger partial charge in [0.25, 0.3) is 0 Å². The van der Waals surface area contributed by atoms with Crippen molar-refractivity contribution in [3.05, 3.63) is 113 Å². The van der Waals surface area contributed by atoms with Gasteiger partial charge in [0.05, 0.1) is 52.4 Å². The van der Waals surface area contributed by atoms with E-state index in [4.69, 9.17) is 24.1 Å². The molecule has 1 heterocycles. The van der Waals surface area contributed by atoms with Crippen LogP contribution in [0.2, 0.25) is 0 Å². The van der Waals surface area contributed by atoms with E-state index in [1.54, 1.807) is 0 Å². The topological polar surface area (TPSA) is 89.4 Å². The molecule has 0 aliphatic carbocycles. The SMILES string of the molecule is OC[C@H](O)COCc1ccc2cc(COC3CNCCC3c3ccc(OCCCOCc4ccccc4)cc3)ccc2c1. The maximum atomic E-state index is 9.45. The van der Waals surface area contributed by atoms with Crippen LogP contribution in [0, 0.1) is 0 Å². The summed E-state index contributed by atoms with van der Waals surface area (Å²) in [6.07, 6.45) is 1.12. The fourth-order valence-electron chi connectivity index (χ4n) is 5.41. The predicted molar refractivity (Wildman–Crippen MR) is 168 cm³/mol. The summed E-state index contributed by atoms with van der Waals surface area (Å²) in [6.45, 7) is 4.50. The molecule has 228 valence electrons. The number of hydrogen-bond acceptors (Lipinski definition) is 7. The van der Waals surface area contributed by atoms with Crippen LogP contribution < -0.4 is 10.1 Å². The van der Waals surface area contributed by atoms with Gasteiger partial charge in [-0.1, -0.05) is 66.7 Å². The third kappa shape index (κ3) is 9.60. The van der Waals surface area contributed by atoms with Crippen molar-refractivity contribution in [2.45, 2.75) is 50.8 Å². The van der Waals surface area contributed by atoms with Crippen LogP contribution >= 0.6 is 0 Å². The van der Waals surface area contributed by atoms with E-state index in [9.17, 15) is 5.11 Å². The van der Waals surface area contributed by atoms with Crippen LogP contribution in [0.5, 0.6) is 5.75 Å². The Kier molecular flexibility index (Phi) is 12.0. The summed E-state index contributed by atoms with van der Waals surface area (Å²) in [7, 11) is 0. The van der Waals surface area contributed by atoms with Gasteiger partial charge >= 0.3 is 0 Å². The minimum atomic E-state index is -0.845. The molecular formula is C36H43NO6. The lowest BCUT2D eigenvalue weighted by Gasteiger charge is -2.32. The second-order valence-electron chi connectivity index (χ2n) is 11.1. The highest BCUT2D eigenvalue weighted by atomic mass is 16.5. The van der Waals surface area contributed by atoms with E-state index >= 15 is 0 Å². The van der Waals surface area contributed by atoms with Crippen LogP contribution in [0.15, 0.2) is 91.0 Å². The van der Waals surface area contributed by atoms with Crippen molar-refractivity contribution in [1.29, 1.82) is 0 Å². The van der Waals surface area contributed by atoms with Crippen molar-refractivity contribution in [2.75, 3.05) is 39.5 Å². The summed E-state index contributed by atoms with van der Waals surface area (Å²) >= 11 is 0. The Morgan fingerprint density at radius 2 is 1.49 bits per heavy atom. The van der Waals surface area contributed by atoms with Crippen LogP contribution in [-0.2, 0) is 34.0 Å². The molecule has 3 atom stereocenters. The highest BCUT2D eigenvalue weighted by molar-refractivity contribution is 5.83. The van der Waals surface area contributed by atoms with Crippen LogP contribution in [0.25, 0.3) is 10.8 Å². The number of rotatable bonds is 16. The number of aliphatic hydroxyl groups is 2. The Balaban J connectivity index is 1.08. The van der Waals surface area contributed by atoms with Gasteiger partial charge in [-0.25, -0.2) is 0 Å². The van der Waals surface area contributed by atoms with Gasteiger partial charge < -0.3 is 34.5 Å². The maximum absolute atomic E-state index is 9.45. The standard InChI is InChI=1S/C36H43NO6/c38-22-33(39)26-41-24-28-7-9-32-20-29(8-10-31(32)19-28)25-43-36-21-37-16-15-35(36)30-11-13-34(14-12-30)42-18-4-17-40-23-27-5-2-1-3-6-27/h1-3,5-14,19-20,33,35-39H,4,15-18,21-26H2/t33-,35?,36?/m0/s1. The molecule has 4 aromatic rings. The van der Waals surface area contributed by atoms with Gasteiger partial charge in [-0.2, -0.15) is 0 Å². The highest BCUT2D eigenvalue weighted by Crippen LogP contribution is 2.30. The molecular weight excluding hydrogens is 542 g/mol. The highest BCUT2D eigenvalue weighted by Gasteiger charge is 2.27. The summed E-state index contributed by atoms with van der Waals surface area (Å²) in [4.78, 5) is 0. The quantitative estimate of drug-likeness (QED) is 0.153. The van der Waals surface area contributed by atoms with E-state index in [-0.39, 0.29) is 19.3 Å². The number of ether oxygens (including phenoxy) is 4. The minimum absolute atomic E-state index is 0.0896. The van der Waals surface area contributed by atoms with Crippen LogP contribution in [-0.4, -0.2) is 61.9 Å². The van der Waals surface area contributed by atoms with E-state index in [0.29, 0.717) is 39.0 Å². The van der Waals surface area contributed by atoms with Gasteiger partial charge in [0, 0.05) is 18.9 Å². The fraction of sp³-hybridized carbons (Fsp3) is 0.389. The minimum Gasteiger partial charge on any atom is -0.494 e. The number of fused-ring (bicyclic) bond motifs is 1. The lowest BCUT2D eigenvalue weighted by molar-refractivity contribution is 0.0000498. The van der Waals surface area contributed by atoms with E-state index in [1.807, 2.05) is 24.3 Å². The molecule has 4 aromatic carbocycles. The molecule has 43 heavy (non-hydrogen) atoms. The van der Waals surface area contributed by atoms with Crippen LogP contribution in [0.4, 0.5) is 0 Å². The first-order chi connectivity index (χ1) is 21.2. The third-order valence-electron chi connectivity index (χ3n) is 7.77. The molecule has 0 amide bonds. The first kappa shape index (κ1) is 31.1. The zero-order valence-corrected chi connectivity index (χ0v) is 24.7. The lowest BCUT2D eigenvalue weighted by Crippen LogP contribution is -2.40. The van der Waals surface area contributed by atoms with E-state index < -0.39 is 6.10 Å². The largest absolute Gasteiger partial charge is 0.494 e. The predicted octanol–water partition coefficient (Wildman–Crippen LogP) is 5.36.